The summed E-state index contributed by atoms with van der Waals surface area (Å²) in [7, 11) is 0. The molecule has 1 fully saturated rings. The maximum Gasteiger partial charge on any atom is 0.383 e. The van der Waals surface area contributed by atoms with Gasteiger partial charge in [-0.05, 0) is 67.2 Å². The first-order chi connectivity index (χ1) is 14.3. The van der Waals surface area contributed by atoms with Crippen LogP contribution in [0.25, 0.3) is 0 Å². The van der Waals surface area contributed by atoms with E-state index in [0.717, 1.165) is 36.5 Å². The predicted octanol–water partition coefficient (Wildman–Crippen LogP) is 7.49. The molecule has 0 heterocycles. The molecule has 0 saturated heterocycles. The van der Waals surface area contributed by atoms with Crippen LogP contribution >= 0.6 is 0 Å². The zero-order chi connectivity index (χ0) is 21.7. The van der Waals surface area contributed by atoms with Gasteiger partial charge in [-0.1, -0.05) is 44.0 Å². The molecule has 1 aliphatic rings. The molecule has 6 heteroatoms. The normalized spacial score (nSPS) is 19.8. The highest BCUT2D eigenvalue weighted by molar-refractivity contribution is 5.27. The molecule has 2 aromatic rings. The smallest absolute Gasteiger partial charge is 0.316 e. The second-order valence-electron chi connectivity index (χ2n) is 8.12. The van der Waals surface area contributed by atoms with E-state index in [1.807, 2.05) is 0 Å². The van der Waals surface area contributed by atoms with Crippen LogP contribution < -0.4 is 0 Å². The third-order valence-electron chi connectivity index (χ3n) is 5.98. The van der Waals surface area contributed by atoms with Crippen molar-refractivity contribution in [3.05, 3.63) is 70.5 Å². The summed E-state index contributed by atoms with van der Waals surface area (Å²) in [5.74, 6) is -3.09. The van der Waals surface area contributed by atoms with E-state index in [0.29, 0.717) is 5.92 Å². The van der Waals surface area contributed by atoms with Crippen molar-refractivity contribution in [2.75, 3.05) is 6.61 Å². The summed E-state index contributed by atoms with van der Waals surface area (Å²) in [5.41, 5.74) is 0.861. The molecule has 2 aromatic carbocycles. The molecule has 1 saturated carbocycles. The Morgan fingerprint density at radius 3 is 2.10 bits per heavy atom. The highest BCUT2D eigenvalue weighted by atomic mass is 19.3. The number of alkyl halides is 2. The largest absolute Gasteiger partial charge is 0.383 e. The number of rotatable bonds is 8. The Labute approximate surface area is 174 Å². The van der Waals surface area contributed by atoms with Gasteiger partial charge in [-0.3, -0.25) is 0 Å². The molecule has 0 amide bonds. The Balaban J connectivity index is 1.55. The van der Waals surface area contributed by atoms with Gasteiger partial charge in [-0.15, -0.1) is 0 Å². The van der Waals surface area contributed by atoms with Crippen LogP contribution in [0.4, 0.5) is 22.0 Å². The molecule has 3 rings (SSSR count). The van der Waals surface area contributed by atoms with Crippen LogP contribution in [0, 0.1) is 23.4 Å². The maximum atomic E-state index is 14.4. The average Bonchev–Trinajstić information content (AvgIpc) is 2.73. The van der Waals surface area contributed by atoms with E-state index < -0.39 is 30.2 Å². The summed E-state index contributed by atoms with van der Waals surface area (Å²) >= 11 is 0. The Morgan fingerprint density at radius 2 is 1.53 bits per heavy atom. The number of hydrogen-bond donors (Lipinski definition) is 0. The van der Waals surface area contributed by atoms with Crippen molar-refractivity contribution < 1.29 is 26.7 Å². The zero-order valence-corrected chi connectivity index (χ0v) is 17.1. The van der Waals surface area contributed by atoms with Gasteiger partial charge < -0.3 is 4.74 Å². The first-order valence-corrected chi connectivity index (χ1v) is 10.6. The molecule has 1 nitrogen and oxygen atoms in total. The maximum absolute atomic E-state index is 14.4. The summed E-state index contributed by atoms with van der Waals surface area (Å²) in [6.07, 6.45) is 3.31. The molecule has 0 atom stereocenters. The van der Waals surface area contributed by atoms with E-state index in [4.69, 9.17) is 0 Å². The van der Waals surface area contributed by atoms with Crippen molar-refractivity contribution in [3.63, 3.8) is 0 Å². The third kappa shape index (κ3) is 5.60. The summed E-state index contributed by atoms with van der Waals surface area (Å²) < 4.78 is 72.8. The van der Waals surface area contributed by atoms with Gasteiger partial charge in [0.1, 0.15) is 0 Å². The van der Waals surface area contributed by atoms with Crippen LogP contribution in [0.3, 0.4) is 0 Å². The Kier molecular flexibility index (Phi) is 7.50. The van der Waals surface area contributed by atoms with Crippen molar-refractivity contribution in [3.8, 4) is 0 Å². The Hall–Kier alpha value is -1.95. The Bertz CT molecular complexity index is 803. The minimum absolute atomic E-state index is 0.0521. The van der Waals surface area contributed by atoms with E-state index in [9.17, 15) is 22.0 Å². The molecule has 0 unspecified atom stereocenters. The summed E-state index contributed by atoms with van der Waals surface area (Å²) in [6.45, 7) is 1.74. The van der Waals surface area contributed by atoms with E-state index in [-0.39, 0.29) is 17.5 Å². The van der Waals surface area contributed by atoms with Gasteiger partial charge in [-0.25, -0.2) is 13.2 Å². The molecule has 0 aliphatic heterocycles. The van der Waals surface area contributed by atoms with Crippen LogP contribution in [0.1, 0.15) is 68.1 Å². The predicted molar refractivity (Wildman–Crippen MR) is 106 cm³/mol. The van der Waals surface area contributed by atoms with Crippen LogP contribution in [0.2, 0.25) is 0 Å². The van der Waals surface area contributed by atoms with E-state index in [1.165, 1.54) is 37.8 Å². The topological polar surface area (TPSA) is 9.23 Å². The van der Waals surface area contributed by atoms with Crippen molar-refractivity contribution in [1.82, 2.24) is 0 Å². The Morgan fingerprint density at radius 1 is 0.933 bits per heavy atom. The fraction of sp³-hybridized carbons (Fsp3) is 0.500. The molecule has 0 radical (unpaired) electrons. The lowest BCUT2D eigenvalue weighted by Crippen LogP contribution is -2.20. The monoisotopic (exact) mass is 426 g/mol. The lowest BCUT2D eigenvalue weighted by Gasteiger charge is -2.29. The number of benzene rings is 2. The standard InChI is InChI=1S/C24H27F5O/c1-2-3-16-4-6-18(7-5-16)19-8-10-20(11-9-19)24(28,29)30-13-12-17-14-21(25)23(27)22(26)15-17/h8-11,14-16,18H,2-7,12-13H2,1H3/t16-,18-. The summed E-state index contributed by atoms with van der Waals surface area (Å²) in [4.78, 5) is 0. The molecular weight excluding hydrogens is 399 g/mol. The number of hydrogen-bond acceptors (Lipinski definition) is 1. The molecule has 30 heavy (non-hydrogen) atoms. The van der Waals surface area contributed by atoms with Gasteiger partial charge in [0.25, 0.3) is 0 Å². The number of ether oxygens (including phenoxy) is 1. The average molecular weight is 426 g/mol. The fourth-order valence-electron chi connectivity index (χ4n) is 4.27. The summed E-state index contributed by atoms with van der Waals surface area (Å²) in [5, 5.41) is 0. The molecule has 0 bridgehead atoms. The van der Waals surface area contributed by atoms with Gasteiger partial charge >= 0.3 is 6.11 Å². The highest BCUT2D eigenvalue weighted by Crippen LogP contribution is 2.38. The van der Waals surface area contributed by atoms with E-state index in [1.54, 1.807) is 12.1 Å². The van der Waals surface area contributed by atoms with E-state index in [2.05, 4.69) is 11.7 Å². The van der Waals surface area contributed by atoms with Gasteiger partial charge in [0.05, 0.1) is 12.2 Å². The van der Waals surface area contributed by atoms with Gasteiger partial charge in [0.2, 0.25) is 0 Å². The lowest BCUT2D eigenvalue weighted by atomic mass is 9.77. The van der Waals surface area contributed by atoms with E-state index >= 15 is 0 Å². The van der Waals surface area contributed by atoms with Crippen molar-refractivity contribution in [1.29, 1.82) is 0 Å². The SMILES string of the molecule is CCC[C@H]1CC[C@H](c2ccc(C(F)(F)OCCc3cc(F)c(F)c(F)c3)cc2)CC1. The zero-order valence-electron chi connectivity index (χ0n) is 17.1. The minimum atomic E-state index is -3.52. The van der Waals surface area contributed by atoms with Gasteiger partial charge in [-0.2, -0.15) is 8.78 Å². The third-order valence-corrected chi connectivity index (χ3v) is 5.98. The quantitative estimate of drug-likeness (QED) is 0.314. The van der Waals surface area contributed by atoms with Crippen molar-refractivity contribution in [2.24, 2.45) is 5.92 Å². The molecular formula is C24H27F5O. The van der Waals surface area contributed by atoms with Crippen LogP contribution in [0.5, 0.6) is 0 Å². The first kappa shape index (κ1) is 22.7. The second kappa shape index (κ2) is 9.90. The lowest BCUT2D eigenvalue weighted by molar-refractivity contribution is -0.248. The fourth-order valence-corrected chi connectivity index (χ4v) is 4.27. The second-order valence-corrected chi connectivity index (χ2v) is 8.12. The molecule has 0 N–H and O–H groups in total. The molecule has 0 aromatic heterocycles. The van der Waals surface area contributed by atoms with Gasteiger partial charge in [0.15, 0.2) is 17.5 Å². The molecule has 0 spiro atoms. The number of halogens is 5. The minimum Gasteiger partial charge on any atom is -0.316 e. The molecule has 1 aliphatic carbocycles. The molecule has 164 valence electrons. The first-order valence-electron chi connectivity index (χ1n) is 10.6. The highest BCUT2D eigenvalue weighted by Gasteiger charge is 2.33. The van der Waals surface area contributed by atoms with Crippen LogP contribution in [-0.4, -0.2) is 6.61 Å². The van der Waals surface area contributed by atoms with Crippen LogP contribution in [0.15, 0.2) is 36.4 Å². The summed E-state index contributed by atoms with van der Waals surface area (Å²) in [6, 6.07) is 7.80. The van der Waals surface area contributed by atoms with Crippen molar-refractivity contribution in [2.45, 2.75) is 63.9 Å². The van der Waals surface area contributed by atoms with Gasteiger partial charge in [0, 0.05) is 0 Å². The van der Waals surface area contributed by atoms with Crippen molar-refractivity contribution >= 4 is 0 Å². The van der Waals surface area contributed by atoms with Crippen LogP contribution in [-0.2, 0) is 17.3 Å².